The molecule has 0 unspecified atom stereocenters. The summed E-state index contributed by atoms with van der Waals surface area (Å²) in [6, 6.07) is 14.1. The lowest BCUT2D eigenvalue weighted by Crippen LogP contribution is -2.17. The minimum atomic E-state index is -0.362. The van der Waals surface area contributed by atoms with Crippen LogP contribution in [0.1, 0.15) is 18.1 Å². The van der Waals surface area contributed by atoms with Crippen LogP contribution >= 0.6 is 0 Å². The van der Waals surface area contributed by atoms with Crippen LogP contribution in [0.25, 0.3) is 0 Å². The lowest BCUT2D eigenvalue weighted by atomic mass is 10.1. The smallest absolute Gasteiger partial charge is 0.265 e. The lowest BCUT2D eigenvalue weighted by Gasteiger charge is -2.18. The van der Waals surface area contributed by atoms with Crippen molar-refractivity contribution in [1.29, 1.82) is 5.26 Å². The van der Waals surface area contributed by atoms with Gasteiger partial charge in [-0.15, -0.1) is 0 Å². The van der Waals surface area contributed by atoms with Gasteiger partial charge in [-0.3, -0.25) is 4.79 Å². The molecule has 0 saturated heterocycles. The maximum absolute atomic E-state index is 11.9. The summed E-state index contributed by atoms with van der Waals surface area (Å²) in [5.41, 5.74) is 2.43. The number of oxime groups is 1. The summed E-state index contributed by atoms with van der Waals surface area (Å²) in [5.74, 6) is 1.00. The summed E-state index contributed by atoms with van der Waals surface area (Å²) < 4.78 is 11.0. The number of nitrogens with one attached hydrogen (secondary N) is 1. The molecule has 0 bridgehead atoms. The number of amides is 1. The molecule has 1 amide bonds. The van der Waals surface area contributed by atoms with Crippen LogP contribution in [0, 0.1) is 11.3 Å². The van der Waals surface area contributed by atoms with Crippen LogP contribution in [0.2, 0.25) is 0 Å². The Morgan fingerprint density at radius 1 is 1.23 bits per heavy atom. The zero-order valence-electron chi connectivity index (χ0n) is 14.2. The van der Waals surface area contributed by atoms with Crippen molar-refractivity contribution in [3.63, 3.8) is 0 Å². The van der Waals surface area contributed by atoms with Gasteiger partial charge < -0.3 is 19.6 Å². The first kappa shape index (κ1) is 17.3. The number of nitrogens with zero attached hydrogens (tertiary/aromatic N) is 2. The fourth-order valence-corrected chi connectivity index (χ4v) is 2.37. The maximum atomic E-state index is 11.9. The third-order valence-corrected chi connectivity index (χ3v) is 3.63. The molecule has 3 rings (SSSR count). The van der Waals surface area contributed by atoms with Gasteiger partial charge in [0.2, 0.25) is 0 Å². The Balaban J connectivity index is 1.56. The minimum absolute atomic E-state index is 0.237. The average Bonchev–Trinajstić information content (AvgIpc) is 2.67. The summed E-state index contributed by atoms with van der Waals surface area (Å²) in [5, 5.41) is 15.5. The van der Waals surface area contributed by atoms with E-state index in [4.69, 9.17) is 19.6 Å². The molecule has 1 aliphatic heterocycles. The predicted octanol–water partition coefficient (Wildman–Crippen LogP) is 2.71. The van der Waals surface area contributed by atoms with E-state index in [-0.39, 0.29) is 12.5 Å². The third kappa shape index (κ3) is 4.30. The monoisotopic (exact) mass is 351 g/mol. The van der Waals surface area contributed by atoms with Gasteiger partial charge >= 0.3 is 0 Å². The van der Waals surface area contributed by atoms with Crippen molar-refractivity contribution in [1.82, 2.24) is 0 Å². The van der Waals surface area contributed by atoms with Gasteiger partial charge in [0, 0.05) is 11.3 Å². The topological polar surface area (TPSA) is 92.9 Å². The predicted molar refractivity (Wildman–Crippen MR) is 95.4 cm³/mol. The summed E-state index contributed by atoms with van der Waals surface area (Å²) in [7, 11) is 0. The van der Waals surface area contributed by atoms with Crippen LogP contribution in [0.15, 0.2) is 47.6 Å². The van der Waals surface area contributed by atoms with E-state index in [2.05, 4.69) is 10.5 Å². The standard InChI is InChI=1S/C19H17N3O4/c1-13(15-5-6-17-18(10-15)25-8-7-24-17)22-26-12-19(23)21-16-4-2-3-14(9-16)11-20/h2-6,9-10H,7-8,12H2,1H3,(H,21,23)/b22-13+. The third-order valence-electron chi connectivity index (χ3n) is 3.63. The highest BCUT2D eigenvalue weighted by Gasteiger charge is 2.13. The van der Waals surface area contributed by atoms with Crippen molar-refractivity contribution >= 4 is 17.3 Å². The van der Waals surface area contributed by atoms with Crippen molar-refractivity contribution < 1.29 is 19.1 Å². The molecule has 1 heterocycles. The molecule has 1 N–H and O–H groups in total. The number of hydrogen-bond donors (Lipinski definition) is 1. The Bertz CT molecular complexity index is 887. The molecule has 2 aromatic carbocycles. The Hall–Kier alpha value is -3.53. The molecule has 0 aromatic heterocycles. The highest BCUT2D eigenvalue weighted by molar-refractivity contribution is 5.99. The molecular formula is C19H17N3O4. The summed E-state index contributed by atoms with van der Waals surface area (Å²) in [6.45, 7) is 2.59. The van der Waals surface area contributed by atoms with Crippen LogP contribution in [0.3, 0.4) is 0 Å². The number of rotatable bonds is 5. The molecule has 0 saturated carbocycles. The van der Waals surface area contributed by atoms with Crippen molar-refractivity contribution in [2.75, 3.05) is 25.1 Å². The van der Waals surface area contributed by atoms with Gasteiger partial charge in [0.15, 0.2) is 18.1 Å². The first-order valence-electron chi connectivity index (χ1n) is 8.02. The fourth-order valence-electron chi connectivity index (χ4n) is 2.37. The Kier molecular flexibility index (Phi) is 5.34. The van der Waals surface area contributed by atoms with E-state index in [1.165, 1.54) is 0 Å². The molecular weight excluding hydrogens is 334 g/mol. The van der Waals surface area contributed by atoms with E-state index >= 15 is 0 Å². The van der Waals surface area contributed by atoms with E-state index < -0.39 is 0 Å². The first-order chi connectivity index (χ1) is 12.7. The number of hydrogen-bond acceptors (Lipinski definition) is 6. The maximum Gasteiger partial charge on any atom is 0.265 e. The second-order valence-electron chi connectivity index (χ2n) is 5.55. The molecule has 0 fully saturated rings. The normalized spacial score (nSPS) is 12.8. The molecule has 0 atom stereocenters. The quantitative estimate of drug-likeness (QED) is 0.660. The fraction of sp³-hybridized carbons (Fsp3) is 0.211. The Labute approximate surface area is 150 Å². The van der Waals surface area contributed by atoms with E-state index in [1.807, 2.05) is 24.3 Å². The second-order valence-corrected chi connectivity index (χ2v) is 5.55. The molecule has 0 aliphatic carbocycles. The number of anilines is 1. The lowest BCUT2D eigenvalue weighted by molar-refractivity contribution is -0.120. The van der Waals surface area contributed by atoms with Crippen LogP contribution in [0.5, 0.6) is 11.5 Å². The number of benzene rings is 2. The number of carbonyl (C=O) groups is 1. The Morgan fingerprint density at radius 2 is 2.04 bits per heavy atom. The largest absolute Gasteiger partial charge is 0.486 e. The van der Waals surface area contributed by atoms with Crippen molar-refractivity contribution in [2.45, 2.75) is 6.92 Å². The number of ether oxygens (including phenoxy) is 2. The number of carbonyl (C=O) groups excluding carboxylic acids is 1. The number of fused-ring (bicyclic) bond motifs is 1. The highest BCUT2D eigenvalue weighted by atomic mass is 16.6. The van der Waals surface area contributed by atoms with Gasteiger partial charge in [-0.05, 0) is 43.3 Å². The van der Waals surface area contributed by atoms with Crippen molar-refractivity contribution in [3.05, 3.63) is 53.6 Å². The van der Waals surface area contributed by atoms with Crippen molar-refractivity contribution in [3.8, 4) is 17.6 Å². The van der Waals surface area contributed by atoms with Gasteiger partial charge in [0.25, 0.3) is 5.91 Å². The zero-order valence-corrected chi connectivity index (χ0v) is 14.2. The van der Waals surface area contributed by atoms with Gasteiger partial charge in [-0.1, -0.05) is 11.2 Å². The van der Waals surface area contributed by atoms with Crippen LogP contribution < -0.4 is 14.8 Å². The molecule has 1 aliphatic rings. The van der Waals surface area contributed by atoms with Gasteiger partial charge in [0.05, 0.1) is 17.3 Å². The second kappa shape index (κ2) is 8.03. The zero-order chi connectivity index (χ0) is 18.4. The molecule has 2 aromatic rings. The SMILES string of the molecule is C/C(=N\OCC(=O)Nc1cccc(C#N)c1)c1ccc2c(c1)OCCO2. The highest BCUT2D eigenvalue weighted by Crippen LogP contribution is 2.30. The average molecular weight is 351 g/mol. The molecule has 0 radical (unpaired) electrons. The number of nitriles is 1. The van der Waals surface area contributed by atoms with E-state index in [0.717, 1.165) is 5.56 Å². The van der Waals surface area contributed by atoms with Gasteiger partial charge in [-0.25, -0.2) is 0 Å². The molecule has 7 heteroatoms. The molecule has 26 heavy (non-hydrogen) atoms. The minimum Gasteiger partial charge on any atom is -0.486 e. The van der Waals surface area contributed by atoms with Gasteiger partial charge in [0.1, 0.15) is 13.2 Å². The summed E-state index contributed by atoms with van der Waals surface area (Å²) in [4.78, 5) is 17.0. The van der Waals surface area contributed by atoms with Crippen LogP contribution in [-0.2, 0) is 9.63 Å². The van der Waals surface area contributed by atoms with E-state index in [1.54, 1.807) is 31.2 Å². The molecule has 132 valence electrons. The summed E-state index contributed by atoms with van der Waals surface area (Å²) >= 11 is 0. The first-order valence-corrected chi connectivity index (χ1v) is 8.02. The Morgan fingerprint density at radius 3 is 2.85 bits per heavy atom. The molecule has 7 nitrogen and oxygen atoms in total. The van der Waals surface area contributed by atoms with Gasteiger partial charge in [-0.2, -0.15) is 5.26 Å². The van der Waals surface area contributed by atoms with Crippen molar-refractivity contribution in [2.24, 2.45) is 5.16 Å². The van der Waals surface area contributed by atoms with Crippen LogP contribution in [-0.4, -0.2) is 31.4 Å². The molecule has 0 spiro atoms. The van der Waals surface area contributed by atoms with Crippen LogP contribution in [0.4, 0.5) is 5.69 Å². The van der Waals surface area contributed by atoms with E-state index in [9.17, 15) is 4.79 Å². The van der Waals surface area contributed by atoms with E-state index in [0.29, 0.717) is 41.7 Å². The summed E-state index contributed by atoms with van der Waals surface area (Å²) in [6.07, 6.45) is 0.